The molecule has 0 bridgehead atoms. The van der Waals surface area contributed by atoms with Crippen LogP contribution in [0.2, 0.25) is 0 Å². The summed E-state index contributed by atoms with van der Waals surface area (Å²) in [5.41, 5.74) is 3.83. The highest BCUT2D eigenvalue weighted by Crippen LogP contribution is 2.31. The number of amides is 1. The molecule has 0 radical (unpaired) electrons. The third-order valence-electron chi connectivity index (χ3n) is 5.18. The zero-order valence-corrected chi connectivity index (χ0v) is 17.6. The van der Waals surface area contributed by atoms with Crippen LogP contribution in [0.15, 0.2) is 79.1 Å². The van der Waals surface area contributed by atoms with Gasteiger partial charge >= 0.3 is 0 Å². The van der Waals surface area contributed by atoms with Gasteiger partial charge in [0.05, 0.1) is 13.7 Å². The highest BCUT2D eigenvalue weighted by molar-refractivity contribution is 5.99. The quantitative estimate of drug-likeness (QED) is 0.451. The Balaban J connectivity index is 1.58. The number of hydrogen-bond acceptors (Lipinski definition) is 4. The van der Waals surface area contributed by atoms with E-state index in [0.29, 0.717) is 18.7 Å². The van der Waals surface area contributed by atoms with E-state index in [-0.39, 0.29) is 5.91 Å². The number of methoxy groups -OCH3 is 1. The number of carbonyl (C=O) groups excluding carboxylic acids is 1. The van der Waals surface area contributed by atoms with Crippen molar-refractivity contribution >= 4 is 16.7 Å². The van der Waals surface area contributed by atoms with E-state index in [4.69, 9.17) is 9.47 Å². The van der Waals surface area contributed by atoms with Crippen molar-refractivity contribution < 1.29 is 14.3 Å². The van der Waals surface area contributed by atoms with Gasteiger partial charge in [0, 0.05) is 29.9 Å². The monoisotopic (exact) mass is 412 g/mol. The van der Waals surface area contributed by atoms with E-state index in [9.17, 15) is 4.79 Å². The number of nitrogens with zero attached hydrogens (tertiary/aromatic N) is 1. The molecular weight excluding hydrogens is 388 g/mol. The molecule has 0 aliphatic heterocycles. The van der Waals surface area contributed by atoms with E-state index >= 15 is 0 Å². The molecule has 1 amide bonds. The average molecular weight is 412 g/mol. The molecule has 0 aliphatic rings. The summed E-state index contributed by atoms with van der Waals surface area (Å²) in [6.07, 6.45) is 3.64. The van der Waals surface area contributed by atoms with Gasteiger partial charge in [0.25, 0.3) is 5.91 Å². The molecule has 0 fully saturated rings. The molecule has 0 aliphatic carbocycles. The maximum absolute atomic E-state index is 12.5. The van der Waals surface area contributed by atoms with Gasteiger partial charge in [-0.2, -0.15) is 0 Å². The van der Waals surface area contributed by atoms with Crippen LogP contribution in [-0.2, 0) is 6.54 Å². The summed E-state index contributed by atoms with van der Waals surface area (Å²) in [7, 11) is 1.60. The van der Waals surface area contributed by atoms with Crippen molar-refractivity contribution in [2.75, 3.05) is 13.7 Å². The van der Waals surface area contributed by atoms with Crippen LogP contribution in [0.5, 0.6) is 11.5 Å². The number of pyridine rings is 1. The number of nitrogens with one attached hydrogen (secondary N) is 1. The van der Waals surface area contributed by atoms with E-state index in [0.717, 1.165) is 39.0 Å². The second kappa shape index (κ2) is 9.30. The van der Waals surface area contributed by atoms with Crippen molar-refractivity contribution in [3.63, 3.8) is 0 Å². The van der Waals surface area contributed by atoms with Crippen LogP contribution >= 0.6 is 0 Å². The van der Waals surface area contributed by atoms with Crippen LogP contribution in [0.4, 0.5) is 0 Å². The van der Waals surface area contributed by atoms with Gasteiger partial charge in [-0.25, -0.2) is 0 Å². The highest BCUT2D eigenvalue weighted by atomic mass is 16.5. The van der Waals surface area contributed by atoms with Crippen LogP contribution in [0, 0.1) is 0 Å². The Bertz CT molecular complexity index is 1190. The lowest BCUT2D eigenvalue weighted by Gasteiger charge is -2.13. The maximum Gasteiger partial charge on any atom is 0.251 e. The van der Waals surface area contributed by atoms with Crippen molar-refractivity contribution in [1.29, 1.82) is 0 Å². The molecule has 0 atom stereocenters. The minimum Gasteiger partial charge on any atom is -0.497 e. The largest absolute Gasteiger partial charge is 0.497 e. The van der Waals surface area contributed by atoms with Crippen LogP contribution in [-0.4, -0.2) is 24.6 Å². The molecule has 1 aromatic heterocycles. The Labute approximate surface area is 181 Å². The smallest absolute Gasteiger partial charge is 0.251 e. The number of benzene rings is 3. The Morgan fingerprint density at radius 2 is 1.65 bits per heavy atom. The van der Waals surface area contributed by atoms with Crippen LogP contribution in [0.1, 0.15) is 22.8 Å². The Hall–Kier alpha value is -3.86. The first-order valence-corrected chi connectivity index (χ1v) is 10.2. The summed E-state index contributed by atoms with van der Waals surface area (Å²) in [6, 6.07) is 21.3. The zero-order chi connectivity index (χ0) is 21.6. The van der Waals surface area contributed by atoms with E-state index in [1.165, 1.54) is 0 Å². The van der Waals surface area contributed by atoms with E-state index < -0.39 is 0 Å². The Morgan fingerprint density at radius 1 is 0.903 bits per heavy atom. The van der Waals surface area contributed by atoms with E-state index in [1.54, 1.807) is 37.6 Å². The predicted molar refractivity (Wildman–Crippen MR) is 123 cm³/mol. The highest BCUT2D eigenvalue weighted by Gasteiger charge is 2.11. The molecule has 0 saturated heterocycles. The standard InChI is InChI=1S/C26H24N2O3/c1-3-31-22-11-4-18(5-12-22)23-13-8-20(25-17-27-15-14-24(23)25)16-28-26(29)19-6-9-21(30-2)10-7-19/h4-15,17H,3,16H2,1-2H3,(H,28,29). The number of ether oxygens (including phenoxy) is 2. The third-order valence-corrected chi connectivity index (χ3v) is 5.18. The van der Waals surface area contributed by atoms with Gasteiger partial charge in [-0.15, -0.1) is 0 Å². The minimum absolute atomic E-state index is 0.129. The molecule has 0 unspecified atom stereocenters. The minimum atomic E-state index is -0.129. The van der Waals surface area contributed by atoms with Gasteiger partial charge < -0.3 is 14.8 Å². The molecule has 156 valence electrons. The normalized spacial score (nSPS) is 10.6. The van der Waals surface area contributed by atoms with Gasteiger partial charge in [0.2, 0.25) is 0 Å². The van der Waals surface area contributed by atoms with Crippen LogP contribution in [0.3, 0.4) is 0 Å². The molecule has 4 aromatic rings. The fourth-order valence-electron chi connectivity index (χ4n) is 3.57. The molecule has 4 rings (SSSR count). The lowest BCUT2D eigenvalue weighted by atomic mass is 9.96. The lowest BCUT2D eigenvalue weighted by molar-refractivity contribution is 0.0951. The molecule has 0 spiro atoms. The second-order valence-corrected chi connectivity index (χ2v) is 7.06. The molecule has 1 N–H and O–H groups in total. The van der Waals surface area contributed by atoms with Crippen LogP contribution < -0.4 is 14.8 Å². The van der Waals surface area contributed by atoms with Crippen molar-refractivity contribution in [2.45, 2.75) is 13.5 Å². The lowest BCUT2D eigenvalue weighted by Crippen LogP contribution is -2.22. The summed E-state index contributed by atoms with van der Waals surface area (Å²) < 4.78 is 10.7. The number of fused-ring (bicyclic) bond motifs is 1. The van der Waals surface area contributed by atoms with Gasteiger partial charge in [0.1, 0.15) is 11.5 Å². The molecule has 3 aromatic carbocycles. The van der Waals surface area contributed by atoms with E-state index in [2.05, 4.69) is 28.5 Å². The number of aromatic nitrogens is 1. The maximum atomic E-state index is 12.5. The number of rotatable bonds is 7. The predicted octanol–water partition coefficient (Wildman–Crippen LogP) is 5.24. The second-order valence-electron chi connectivity index (χ2n) is 7.06. The summed E-state index contributed by atoms with van der Waals surface area (Å²) in [6.45, 7) is 3.03. The summed E-state index contributed by atoms with van der Waals surface area (Å²) in [4.78, 5) is 16.9. The van der Waals surface area contributed by atoms with Crippen molar-refractivity contribution in [1.82, 2.24) is 10.3 Å². The summed E-state index contributed by atoms with van der Waals surface area (Å²) in [5, 5.41) is 5.11. The molecular formula is C26H24N2O3. The first kappa shape index (κ1) is 20.4. The zero-order valence-electron chi connectivity index (χ0n) is 17.6. The van der Waals surface area contributed by atoms with Crippen molar-refractivity contribution in [2.24, 2.45) is 0 Å². The fraction of sp³-hybridized carbons (Fsp3) is 0.154. The topological polar surface area (TPSA) is 60.5 Å². The van der Waals surface area contributed by atoms with Gasteiger partial charge in [-0.3, -0.25) is 9.78 Å². The third kappa shape index (κ3) is 4.51. The van der Waals surface area contributed by atoms with E-state index in [1.807, 2.05) is 37.4 Å². The molecule has 5 heteroatoms. The van der Waals surface area contributed by atoms with Crippen molar-refractivity contribution in [3.05, 3.63) is 90.3 Å². The Kier molecular flexibility index (Phi) is 6.13. The van der Waals surface area contributed by atoms with Crippen molar-refractivity contribution in [3.8, 4) is 22.6 Å². The molecule has 0 saturated carbocycles. The van der Waals surface area contributed by atoms with Gasteiger partial charge in [-0.1, -0.05) is 24.3 Å². The molecule has 1 heterocycles. The molecule has 5 nitrogen and oxygen atoms in total. The summed E-state index contributed by atoms with van der Waals surface area (Å²) in [5.74, 6) is 1.45. The first-order chi connectivity index (χ1) is 15.2. The van der Waals surface area contributed by atoms with Crippen LogP contribution in [0.25, 0.3) is 21.9 Å². The number of carbonyl (C=O) groups is 1. The number of hydrogen-bond donors (Lipinski definition) is 1. The summed E-state index contributed by atoms with van der Waals surface area (Å²) >= 11 is 0. The Morgan fingerprint density at radius 3 is 2.35 bits per heavy atom. The average Bonchev–Trinajstić information content (AvgIpc) is 2.83. The fourth-order valence-corrected chi connectivity index (χ4v) is 3.57. The SMILES string of the molecule is CCOc1ccc(-c2ccc(CNC(=O)c3ccc(OC)cc3)c3cnccc23)cc1. The molecule has 31 heavy (non-hydrogen) atoms. The van der Waals surface area contributed by atoms with Gasteiger partial charge in [0.15, 0.2) is 0 Å². The van der Waals surface area contributed by atoms with Gasteiger partial charge in [-0.05, 0) is 71.5 Å². The first-order valence-electron chi connectivity index (χ1n) is 10.2.